The molecule has 2 rings (SSSR count). The largest absolute Gasteiger partial charge is 0.478 e. The molecule has 0 unspecified atom stereocenters. The second kappa shape index (κ2) is 5.51. The van der Waals surface area contributed by atoms with Gasteiger partial charge in [0.05, 0.1) is 21.2 Å². The van der Waals surface area contributed by atoms with E-state index in [-0.39, 0.29) is 27.2 Å². The summed E-state index contributed by atoms with van der Waals surface area (Å²) in [5.74, 6) is -0.940. The molecule has 0 aromatic heterocycles. The van der Waals surface area contributed by atoms with E-state index in [2.05, 4.69) is 0 Å². The van der Waals surface area contributed by atoms with Crippen molar-refractivity contribution in [1.82, 2.24) is 0 Å². The number of sulfone groups is 1. The van der Waals surface area contributed by atoms with Crippen LogP contribution in [0.15, 0.2) is 23.1 Å². The minimum absolute atomic E-state index is 0.0428. The van der Waals surface area contributed by atoms with E-state index in [4.69, 9.17) is 16.7 Å². The number of aromatic carboxylic acids is 1. The summed E-state index contributed by atoms with van der Waals surface area (Å²) in [4.78, 5) is 11.0. The van der Waals surface area contributed by atoms with Gasteiger partial charge >= 0.3 is 5.97 Å². The fraction of sp³-hybridized carbons (Fsp3) is 0.462. The molecular weight excluding hydrogens is 288 g/mol. The van der Waals surface area contributed by atoms with Crippen molar-refractivity contribution in [1.29, 1.82) is 0 Å². The van der Waals surface area contributed by atoms with Crippen molar-refractivity contribution in [2.45, 2.75) is 30.6 Å². The molecule has 0 atom stereocenters. The average molecular weight is 303 g/mol. The Labute approximate surface area is 117 Å². The van der Waals surface area contributed by atoms with Crippen LogP contribution in [0.1, 0.15) is 36.0 Å². The molecule has 104 valence electrons. The van der Waals surface area contributed by atoms with E-state index >= 15 is 0 Å². The van der Waals surface area contributed by atoms with Crippen molar-refractivity contribution in [3.8, 4) is 0 Å². The fourth-order valence-electron chi connectivity index (χ4n) is 2.45. The maximum atomic E-state index is 12.2. The van der Waals surface area contributed by atoms with Crippen LogP contribution in [-0.2, 0) is 9.84 Å². The maximum absolute atomic E-state index is 12.2. The predicted octanol–water partition coefficient (Wildman–Crippen LogP) is 3.00. The fourth-order valence-corrected chi connectivity index (χ4v) is 4.36. The number of carbonyl (C=O) groups is 1. The lowest BCUT2D eigenvalue weighted by molar-refractivity contribution is 0.0697. The summed E-state index contributed by atoms with van der Waals surface area (Å²) in [6.45, 7) is 0. The number of hydrogen-bond donors (Lipinski definition) is 1. The van der Waals surface area contributed by atoms with Gasteiger partial charge in [-0.3, -0.25) is 0 Å². The normalized spacial score (nSPS) is 16.7. The molecule has 1 aliphatic carbocycles. The molecule has 6 heteroatoms. The van der Waals surface area contributed by atoms with Crippen molar-refractivity contribution < 1.29 is 18.3 Å². The van der Waals surface area contributed by atoms with Gasteiger partial charge in [-0.2, -0.15) is 0 Å². The number of carboxylic acid groups (broad SMARTS) is 1. The number of benzene rings is 1. The second-order valence-electron chi connectivity index (χ2n) is 4.88. The molecule has 1 aromatic carbocycles. The molecule has 0 aliphatic heterocycles. The summed E-state index contributed by atoms with van der Waals surface area (Å²) in [5, 5.41) is 9.01. The Kier molecular flexibility index (Phi) is 4.16. The maximum Gasteiger partial charge on any atom is 0.337 e. The smallest absolute Gasteiger partial charge is 0.337 e. The second-order valence-corrected chi connectivity index (χ2v) is 7.32. The lowest BCUT2D eigenvalue weighted by Crippen LogP contribution is -2.14. The molecule has 1 saturated carbocycles. The molecule has 1 fully saturated rings. The lowest BCUT2D eigenvalue weighted by Gasteiger charge is -2.11. The van der Waals surface area contributed by atoms with Crippen LogP contribution in [0, 0.1) is 5.92 Å². The zero-order valence-electron chi connectivity index (χ0n) is 10.3. The Morgan fingerprint density at radius 3 is 2.53 bits per heavy atom. The third-order valence-corrected chi connectivity index (χ3v) is 5.67. The first kappa shape index (κ1) is 14.3. The van der Waals surface area contributed by atoms with Gasteiger partial charge in [-0.05, 0) is 37.0 Å². The van der Waals surface area contributed by atoms with Crippen molar-refractivity contribution in [3.05, 3.63) is 28.8 Å². The van der Waals surface area contributed by atoms with Gasteiger partial charge in [-0.25, -0.2) is 13.2 Å². The standard InChI is InChI=1S/C13H15ClO4S/c14-12-6-5-10(7-11(12)13(15)16)19(17,18)8-9-3-1-2-4-9/h5-7,9H,1-4,8H2,(H,15,16). The number of rotatable bonds is 4. The van der Waals surface area contributed by atoms with E-state index in [9.17, 15) is 13.2 Å². The van der Waals surface area contributed by atoms with E-state index in [1.54, 1.807) is 0 Å². The molecule has 0 saturated heterocycles. The van der Waals surface area contributed by atoms with Gasteiger partial charge in [-0.15, -0.1) is 0 Å². The summed E-state index contributed by atoms with van der Waals surface area (Å²) in [5.41, 5.74) is -0.172. The summed E-state index contributed by atoms with van der Waals surface area (Å²) in [6.07, 6.45) is 4.00. The molecule has 1 aromatic rings. The molecule has 0 spiro atoms. The Hall–Kier alpha value is -1.07. The summed E-state index contributed by atoms with van der Waals surface area (Å²) < 4.78 is 24.5. The third-order valence-electron chi connectivity index (χ3n) is 3.46. The highest BCUT2D eigenvalue weighted by molar-refractivity contribution is 7.91. The van der Waals surface area contributed by atoms with E-state index < -0.39 is 15.8 Å². The zero-order valence-corrected chi connectivity index (χ0v) is 11.9. The van der Waals surface area contributed by atoms with Crippen molar-refractivity contribution >= 4 is 27.4 Å². The molecular formula is C13H15ClO4S. The highest BCUT2D eigenvalue weighted by atomic mass is 35.5. The quantitative estimate of drug-likeness (QED) is 0.928. The predicted molar refractivity (Wildman–Crippen MR) is 72.4 cm³/mol. The molecule has 19 heavy (non-hydrogen) atoms. The van der Waals surface area contributed by atoms with Crippen LogP contribution in [0.4, 0.5) is 0 Å². The molecule has 0 bridgehead atoms. The molecule has 0 radical (unpaired) electrons. The van der Waals surface area contributed by atoms with Gasteiger partial charge in [0.25, 0.3) is 0 Å². The highest BCUT2D eigenvalue weighted by Crippen LogP contribution is 2.29. The lowest BCUT2D eigenvalue weighted by atomic mass is 10.1. The van der Waals surface area contributed by atoms with Crippen LogP contribution in [0.2, 0.25) is 5.02 Å². The van der Waals surface area contributed by atoms with Crippen LogP contribution in [0.5, 0.6) is 0 Å². The number of carboxylic acids is 1. The third kappa shape index (κ3) is 3.28. The van der Waals surface area contributed by atoms with E-state index in [0.29, 0.717) is 0 Å². The first-order chi connectivity index (χ1) is 8.90. The first-order valence-electron chi connectivity index (χ1n) is 6.16. The van der Waals surface area contributed by atoms with Crippen molar-refractivity contribution in [2.24, 2.45) is 5.92 Å². The van der Waals surface area contributed by atoms with Gasteiger partial charge in [0, 0.05) is 0 Å². The Bertz CT molecular complexity index is 589. The molecule has 4 nitrogen and oxygen atoms in total. The summed E-state index contributed by atoms with van der Waals surface area (Å²) in [6, 6.07) is 3.85. The Balaban J connectivity index is 2.29. The first-order valence-corrected chi connectivity index (χ1v) is 8.19. The van der Waals surface area contributed by atoms with Gasteiger partial charge in [0.15, 0.2) is 9.84 Å². The monoisotopic (exact) mass is 302 g/mol. The van der Waals surface area contributed by atoms with Crippen LogP contribution in [0.25, 0.3) is 0 Å². The van der Waals surface area contributed by atoms with E-state index in [1.165, 1.54) is 12.1 Å². The zero-order chi connectivity index (χ0) is 14.0. The topological polar surface area (TPSA) is 71.4 Å². The van der Waals surface area contributed by atoms with Gasteiger partial charge in [-0.1, -0.05) is 24.4 Å². The van der Waals surface area contributed by atoms with Gasteiger partial charge in [0.1, 0.15) is 0 Å². The van der Waals surface area contributed by atoms with Crippen molar-refractivity contribution in [2.75, 3.05) is 5.75 Å². The van der Waals surface area contributed by atoms with Crippen molar-refractivity contribution in [3.63, 3.8) is 0 Å². The van der Waals surface area contributed by atoms with Crippen LogP contribution >= 0.6 is 11.6 Å². The number of hydrogen-bond acceptors (Lipinski definition) is 3. The Morgan fingerprint density at radius 2 is 1.95 bits per heavy atom. The summed E-state index contributed by atoms with van der Waals surface area (Å²) >= 11 is 5.74. The van der Waals surface area contributed by atoms with E-state index in [1.807, 2.05) is 0 Å². The summed E-state index contributed by atoms with van der Waals surface area (Å²) in [7, 11) is -3.44. The van der Waals surface area contributed by atoms with E-state index in [0.717, 1.165) is 31.7 Å². The van der Waals surface area contributed by atoms with Crippen LogP contribution in [-0.4, -0.2) is 25.2 Å². The average Bonchev–Trinajstić information content (AvgIpc) is 2.80. The molecule has 0 amide bonds. The minimum Gasteiger partial charge on any atom is -0.478 e. The molecule has 1 aliphatic rings. The Morgan fingerprint density at radius 1 is 1.32 bits per heavy atom. The number of halogens is 1. The van der Waals surface area contributed by atoms with Crippen LogP contribution < -0.4 is 0 Å². The van der Waals surface area contributed by atoms with Crippen LogP contribution in [0.3, 0.4) is 0 Å². The SMILES string of the molecule is O=C(O)c1cc(S(=O)(=O)CC2CCCC2)ccc1Cl. The van der Waals surface area contributed by atoms with Gasteiger partial charge < -0.3 is 5.11 Å². The molecule has 0 heterocycles. The molecule has 1 N–H and O–H groups in total. The highest BCUT2D eigenvalue weighted by Gasteiger charge is 2.25. The minimum atomic E-state index is -3.44. The van der Waals surface area contributed by atoms with Gasteiger partial charge in [0.2, 0.25) is 0 Å².